The van der Waals surface area contributed by atoms with Crippen LogP contribution in [-0.4, -0.2) is 22.6 Å². The number of carbonyl (C=O) groups is 1. The highest BCUT2D eigenvalue weighted by molar-refractivity contribution is 6.02. The Bertz CT molecular complexity index is 581. The molecule has 2 rings (SSSR count). The number of rotatable bonds is 6. The highest BCUT2D eigenvalue weighted by Gasteiger charge is 2.08. The quantitative estimate of drug-likeness (QED) is 0.778. The Morgan fingerprint density at radius 1 is 1.26 bits per heavy atom. The highest BCUT2D eigenvalue weighted by atomic mass is 16.4. The van der Waals surface area contributed by atoms with Crippen molar-refractivity contribution in [1.29, 1.82) is 0 Å². The molecule has 2 N–H and O–H groups in total. The molecule has 0 fully saturated rings. The van der Waals surface area contributed by atoms with Gasteiger partial charge in [0, 0.05) is 11.9 Å². The van der Waals surface area contributed by atoms with E-state index in [1.54, 1.807) is 12.1 Å². The number of nitrogens with one attached hydrogen (secondary N) is 1. The number of aromatic carboxylic acids is 1. The Morgan fingerprint density at radius 2 is 2.11 bits per heavy atom. The van der Waals surface area contributed by atoms with Crippen LogP contribution in [0.25, 0.3) is 10.9 Å². The maximum Gasteiger partial charge on any atom is 0.336 e. The molecule has 0 aliphatic carbocycles. The minimum atomic E-state index is -0.920. The van der Waals surface area contributed by atoms with E-state index in [1.807, 2.05) is 18.2 Å². The summed E-state index contributed by atoms with van der Waals surface area (Å²) in [6.45, 7) is 3.06. The molecule has 2 aromatic rings. The van der Waals surface area contributed by atoms with Crippen molar-refractivity contribution in [2.75, 3.05) is 11.9 Å². The van der Waals surface area contributed by atoms with Gasteiger partial charge in [0.1, 0.15) is 5.82 Å². The molecule has 0 spiro atoms. The van der Waals surface area contributed by atoms with Gasteiger partial charge in [-0.1, -0.05) is 25.8 Å². The number of pyridine rings is 1. The van der Waals surface area contributed by atoms with Gasteiger partial charge >= 0.3 is 5.97 Å². The first kappa shape index (κ1) is 13.3. The maximum absolute atomic E-state index is 11.1. The Morgan fingerprint density at radius 3 is 2.84 bits per heavy atom. The van der Waals surface area contributed by atoms with Crippen molar-refractivity contribution in [2.24, 2.45) is 0 Å². The van der Waals surface area contributed by atoms with Gasteiger partial charge < -0.3 is 10.4 Å². The summed E-state index contributed by atoms with van der Waals surface area (Å²) in [6.07, 6.45) is 3.50. The third kappa shape index (κ3) is 3.22. The normalized spacial score (nSPS) is 10.6. The van der Waals surface area contributed by atoms with Crippen molar-refractivity contribution in [3.8, 4) is 0 Å². The second kappa shape index (κ2) is 6.18. The number of aromatic nitrogens is 1. The summed E-state index contributed by atoms with van der Waals surface area (Å²) in [5, 5.41) is 13.0. The second-order valence-electron chi connectivity index (χ2n) is 4.51. The largest absolute Gasteiger partial charge is 0.478 e. The lowest BCUT2D eigenvalue weighted by atomic mass is 10.1. The Kier molecular flexibility index (Phi) is 4.34. The fourth-order valence-corrected chi connectivity index (χ4v) is 2.03. The SMILES string of the molecule is CCCCCNc1ccc2c(C(=O)O)cccc2n1. The predicted octanol–water partition coefficient (Wildman–Crippen LogP) is 3.54. The topological polar surface area (TPSA) is 62.2 Å². The number of anilines is 1. The van der Waals surface area contributed by atoms with Crippen LogP contribution in [0.15, 0.2) is 30.3 Å². The van der Waals surface area contributed by atoms with Crippen molar-refractivity contribution in [1.82, 2.24) is 4.98 Å². The number of fused-ring (bicyclic) bond motifs is 1. The van der Waals surface area contributed by atoms with E-state index in [2.05, 4.69) is 17.2 Å². The fourth-order valence-electron chi connectivity index (χ4n) is 2.03. The number of nitrogens with zero attached hydrogens (tertiary/aromatic N) is 1. The zero-order valence-electron chi connectivity index (χ0n) is 11.0. The van der Waals surface area contributed by atoms with E-state index in [0.29, 0.717) is 16.5 Å². The van der Waals surface area contributed by atoms with Gasteiger partial charge in [-0.05, 0) is 30.7 Å². The molecule has 0 aliphatic heterocycles. The molecule has 0 radical (unpaired) electrons. The van der Waals surface area contributed by atoms with Gasteiger partial charge in [-0.3, -0.25) is 0 Å². The molecule has 0 unspecified atom stereocenters. The highest BCUT2D eigenvalue weighted by Crippen LogP contribution is 2.19. The monoisotopic (exact) mass is 258 g/mol. The van der Waals surface area contributed by atoms with E-state index >= 15 is 0 Å². The Hall–Kier alpha value is -2.10. The van der Waals surface area contributed by atoms with Gasteiger partial charge in [0.2, 0.25) is 0 Å². The van der Waals surface area contributed by atoms with Gasteiger partial charge in [0.05, 0.1) is 11.1 Å². The Labute approximate surface area is 112 Å². The van der Waals surface area contributed by atoms with Crippen LogP contribution >= 0.6 is 0 Å². The molecule has 4 heteroatoms. The minimum Gasteiger partial charge on any atom is -0.478 e. The van der Waals surface area contributed by atoms with E-state index in [4.69, 9.17) is 5.11 Å². The van der Waals surface area contributed by atoms with Gasteiger partial charge in [-0.15, -0.1) is 0 Å². The summed E-state index contributed by atoms with van der Waals surface area (Å²) in [5.41, 5.74) is 1.00. The predicted molar refractivity (Wildman–Crippen MR) is 76.7 cm³/mol. The maximum atomic E-state index is 11.1. The summed E-state index contributed by atoms with van der Waals surface area (Å²) in [6, 6.07) is 8.80. The lowest BCUT2D eigenvalue weighted by Crippen LogP contribution is -2.04. The third-order valence-electron chi connectivity index (χ3n) is 3.05. The van der Waals surface area contributed by atoms with Gasteiger partial charge in [-0.25, -0.2) is 9.78 Å². The Balaban J connectivity index is 2.19. The van der Waals surface area contributed by atoms with E-state index in [9.17, 15) is 4.79 Å². The molecule has 19 heavy (non-hydrogen) atoms. The molecule has 4 nitrogen and oxygen atoms in total. The average Bonchev–Trinajstić information content (AvgIpc) is 2.42. The summed E-state index contributed by atoms with van der Waals surface area (Å²) in [4.78, 5) is 15.5. The number of carboxylic acids is 1. The van der Waals surface area contributed by atoms with Crippen LogP contribution in [0.3, 0.4) is 0 Å². The molecule has 1 aromatic carbocycles. The number of unbranched alkanes of at least 4 members (excludes halogenated alkanes) is 2. The van der Waals surface area contributed by atoms with E-state index in [0.717, 1.165) is 18.8 Å². The molecule has 0 bridgehead atoms. The van der Waals surface area contributed by atoms with Crippen LogP contribution in [0.4, 0.5) is 5.82 Å². The summed E-state index contributed by atoms with van der Waals surface area (Å²) < 4.78 is 0. The van der Waals surface area contributed by atoms with Crippen LogP contribution in [0.1, 0.15) is 36.5 Å². The standard InChI is InChI=1S/C15H18N2O2/c1-2-3-4-10-16-14-9-8-11-12(15(18)19)6-5-7-13(11)17-14/h5-9H,2-4,10H2,1H3,(H,16,17)(H,18,19). The lowest BCUT2D eigenvalue weighted by Gasteiger charge is -2.07. The van der Waals surface area contributed by atoms with Crippen molar-refractivity contribution in [3.63, 3.8) is 0 Å². The lowest BCUT2D eigenvalue weighted by molar-refractivity contribution is 0.0699. The van der Waals surface area contributed by atoms with E-state index in [1.165, 1.54) is 12.8 Å². The number of benzene rings is 1. The molecule has 0 saturated heterocycles. The fraction of sp³-hybridized carbons (Fsp3) is 0.333. The van der Waals surface area contributed by atoms with E-state index < -0.39 is 5.97 Å². The molecular weight excluding hydrogens is 240 g/mol. The van der Waals surface area contributed by atoms with Gasteiger partial charge in [-0.2, -0.15) is 0 Å². The molecule has 0 saturated carbocycles. The molecule has 0 aliphatic rings. The molecule has 100 valence electrons. The molecule has 0 amide bonds. The molecule has 1 heterocycles. The zero-order chi connectivity index (χ0) is 13.7. The second-order valence-corrected chi connectivity index (χ2v) is 4.51. The number of carboxylic acid groups (broad SMARTS) is 1. The van der Waals surface area contributed by atoms with Crippen LogP contribution in [0.5, 0.6) is 0 Å². The van der Waals surface area contributed by atoms with E-state index in [-0.39, 0.29) is 0 Å². The molecule has 1 aromatic heterocycles. The first-order valence-electron chi connectivity index (χ1n) is 6.59. The van der Waals surface area contributed by atoms with Crippen molar-refractivity contribution in [2.45, 2.75) is 26.2 Å². The van der Waals surface area contributed by atoms with Crippen molar-refractivity contribution < 1.29 is 9.90 Å². The summed E-state index contributed by atoms with van der Waals surface area (Å²) in [5.74, 6) is -0.123. The van der Waals surface area contributed by atoms with Crippen LogP contribution in [0, 0.1) is 0 Å². The summed E-state index contributed by atoms with van der Waals surface area (Å²) in [7, 11) is 0. The van der Waals surface area contributed by atoms with Crippen molar-refractivity contribution in [3.05, 3.63) is 35.9 Å². The first-order chi connectivity index (χ1) is 9.22. The van der Waals surface area contributed by atoms with Crippen molar-refractivity contribution >= 4 is 22.7 Å². The minimum absolute atomic E-state index is 0.294. The molecule has 0 atom stereocenters. The van der Waals surface area contributed by atoms with Crippen LogP contribution in [-0.2, 0) is 0 Å². The third-order valence-corrected chi connectivity index (χ3v) is 3.05. The number of hydrogen-bond acceptors (Lipinski definition) is 3. The molecular formula is C15H18N2O2. The summed E-state index contributed by atoms with van der Waals surface area (Å²) >= 11 is 0. The smallest absolute Gasteiger partial charge is 0.336 e. The van der Waals surface area contributed by atoms with Gasteiger partial charge in [0.15, 0.2) is 0 Å². The average molecular weight is 258 g/mol. The zero-order valence-corrected chi connectivity index (χ0v) is 11.0. The number of hydrogen-bond donors (Lipinski definition) is 2. The van der Waals surface area contributed by atoms with Gasteiger partial charge in [0.25, 0.3) is 0 Å². The first-order valence-corrected chi connectivity index (χ1v) is 6.59. The van der Waals surface area contributed by atoms with Crippen LogP contribution in [0.2, 0.25) is 0 Å². The van der Waals surface area contributed by atoms with Crippen LogP contribution < -0.4 is 5.32 Å².